The zero-order valence-electron chi connectivity index (χ0n) is 13.0. The van der Waals surface area contributed by atoms with E-state index in [-0.39, 0.29) is 0 Å². The van der Waals surface area contributed by atoms with Gasteiger partial charge >= 0.3 is 0 Å². The summed E-state index contributed by atoms with van der Waals surface area (Å²) in [5, 5.41) is 3.43. The normalized spacial score (nSPS) is 17.3. The van der Waals surface area contributed by atoms with Gasteiger partial charge in [0, 0.05) is 11.8 Å². The summed E-state index contributed by atoms with van der Waals surface area (Å²) < 4.78 is 0. The molecule has 1 aromatic rings. The molecule has 2 heteroatoms. The van der Waals surface area contributed by atoms with Crippen LogP contribution < -0.4 is 5.32 Å². The summed E-state index contributed by atoms with van der Waals surface area (Å²) in [5.74, 6) is 0.880. The Morgan fingerprint density at radius 1 is 1.38 bits per heavy atom. The molecule has 1 aliphatic heterocycles. The molecule has 2 nitrogen and oxygen atoms in total. The van der Waals surface area contributed by atoms with Crippen molar-refractivity contribution < 1.29 is 0 Å². The number of allylic oxidation sites excluding steroid dienone is 2. The average Bonchev–Trinajstić information content (AvgIpc) is 2.55. The van der Waals surface area contributed by atoms with Crippen LogP contribution in [-0.2, 0) is 6.42 Å². The lowest BCUT2D eigenvalue weighted by Gasteiger charge is -2.22. The van der Waals surface area contributed by atoms with Gasteiger partial charge in [0.15, 0.2) is 0 Å². The highest BCUT2D eigenvalue weighted by atomic mass is 14.9. The largest absolute Gasteiger partial charge is 0.317 e. The lowest BCUT2D eigenvalue weighted by molar-refractivity contribution is 0.354. The number of hydrogen-bond acceptors (Lipinski definition) is 2. The van der Waals surface area contributed by atoms with E-state index in [4.69, 9.17) is 0 Å². The first-order valence-corrected chi connectivity index (χ1v) is 7.95. The SMILES string of the molecule is C=CC(=N/C=C\C)c1cccc(CCC2CCNCC2)c1. The molecule has 1 aromatic carbocycles. The minimum atomic E-state index is 0.880. The Morgan fingerprint density at radius 3 is 2.90 bits per heavy atom. The van der Waals surface area contributed by atoms with E-state index in [9.17, 15) is 0 Å². The van der Waals surface area contributed by atoms with Crippen LogP contribution in [0.1, 0.15) is 37.3 Å². The molecule has 0 bridgehead atoms. The Morgan fingerprint density at radius 2 is 2.19 bits per heavy atom. The van der Waals surface area contributed by atoms with Gasteiger partial charge in [0.05, 0.1) is 5.71 Å². The lowest BCUT2D eigenvalue weighted by atomic mass is 9.91. The number of aryl methyl sites for hydroxylation is 1. The topological polar surface area (TPSA) is 24.4 Å². The van der Waals surface area contributed by atoms with Crippen molar-refractivity contribution in [1.82, 2.24) is 5.32 Å². The highest BCUT2D eigenvalue weighted by molar-refractivity contribution is 6.08. The second-order valence-electron chi connectivity index (χ2n) is 5.63. The average molecular weight is 282 g/mol. The first kappa shape index (κ1) is 15.7. The van der Waals surface area contributed by atoms with E-state index in [0.717, 1.165) is 23.6 Å². The molecular weight excluding hydrogens is 256 g/mol. The van der Waals surface area contributed by atoms with E-state index in [1.807, 2.05) is 25.3 Å². The van der Waals surface area contributed by atoms with Crippen LogP contribution in [0, 0.1) is 5.92 Å². The van der Waals surface area contributed by atoms with Gasteiger partial charge in [-0.25, -0.2) is 0 Å². The molecule has 0 saturated carbocycles. The van der Waals surface area contributed by atoms with Crippen LogP contribution in [0.3, 0.4) is 0 Å². The summed E-state index contributed by atoms with van der Waals surface area (Å²) in [7, 11) is 0. The third-order valence-corrected chi connectivity index (χ3v) is 4.08. The minimum absolute atomic E-state index is 0.880. The van der Waals surface area contributed by atoms with Crippen molar-refractivity contribution >= 4 is 5.71 Å². The quantitative estimate of drug-likeness (QED) is 0.780. The number of nitrogens with one attached hydrogen (secondary N) is 1. The molecule has 1 heterocycles. The zero-order chi connectivity index (χ0) is 14.9. The van der Waals surface area contributed by atoms with Gasteiger partial charge in [0.2, 0.25) is 0 Å². The van der Waals surface area contributed by atoms with Crippen molar-refractivity contribution in [3.05, 3.63) is 60.3 Å². The van der Waals surface area contributed by atoms with Crippen molar-refractivity contribution in [2.24, 2.45) is 10.9 Å². The van der Waals surface area contributed by atoms with Crippen molar-refractivity contribution in [2.75, 3.05) is 13.1 Å². The van der Waals surface area contributed by atoms with Crippen molar-refractivity contribution in [2.45, 2.75) is 32.6 Å². The molecule has 21 heavy (non-hydrogen) atoms. The van der Waals surface area contributed by atoms with Crippen molar-refractivity contribution in [3.63, 3.8) is 0 Å². The maximum absolute atomic E-state index is 4.43. The molecule has 0 aliphatic carbocycles. The van der Waals surface area contributed by atoms with Gasteiger partial charge in [-0.15, -0.1) is 0 Å². The number of piperidine rings is 1. The van der Waals surface area contributed by atoms with Crippen LogP contribution in [0.2, 0.25) is 0 Å². The van der Waals surface area contributed by atoms with Crippen LogP contribution in [-0.4, -0.2) is 18.8 Å². The monoisotopic (exact) mass is 282 g/mol. The molecular formula is C19H26N2. The summed E-state index contributed by atoms with van der Waals surface area (Å²) in [4.78, 5) is 4.43. The molecule has 1 fully saturated rings. The molecule has 2 rings (SSSR count). The first-order chi connectivity index (χ1) is 10.3. The Bertz CT molecular complexity index is 508. The Kier molecular flexibility index (Phi) is 6.42. The Balaban J connectivity index is 2.01. The summed E-state index contributed by atoms with van der Waals surface area (Å²) in [5.41, 5.74) is 3.50. The second kappa shape index (κ2) is 8.58. The molecule has 1 aliphatic rings. The lowest BCUT2D eigenvalue weighted by Crippen LogP contribution is -2.27. The molecule has 0 unspecified atom stereocenters. The fraction of sp³-hybridized carbons (Fsp3) is 0.421. The highest BCUT2D eigenvalue weighted by Gasteiger charge is 2.12. The predicted octanol–water partition coefficient (Wildman–Crippen LogP) is 4.13. The Labute approximate surface area is 128 Å². The van der Waals surface area contributed by atoms with E-state index in [0.29, 0.717) is 0 Å². The minimum Gasteiger partial charge on any atom is -0.317 e. The fourth-order valence-corrected chi connectivity index (χ4v) is 2.83. The number of hydrogen-bond donors (Lipinski definition) is 1. The maximum atomic E-state index is 4.43. The summed E-state index contributed by atoms with van der Waals surface area (Å²) in [6.07, 6.45) is 10.7. The Hall–Kier alpha value is -1.67. The van der Waals surface area contributed by atoms with E-state index < -0.39 is 0 Å². The predicted molar refractivity (Wildman–Crippen MR) is 91.9 cm³/mol. The first-order valence-electron chi connectivity index (χ1n) is 7.95. The van der Waals surface area contributed by atoms with Crippen LogP contribution in [0.4, 0.5) is 0 Å². The van der Waals surface area contributed by atoms with Crippen LogP contribution in [0.5, 0.6) is 0 Å². The zero-order valence-corrected chi connectivity index (χ0v) is 13.0. The summed E-state index contributed by atoms with van der Waals surface area (Å²) in [6.45, 7) is 8.20. The van der Waals surface area contributed by atoms with Crippen molar-refractivity contribution in [3.8, 4) is 0 Å². The molecule has 1 saturated heterocycles. The van der Waals surface area contributed by atoms with Crippen molar-refractivity contribution in [1.29, 1.82) is 0 Å². The molecule has 0 radical (unpaired) electrons. The molecule has 1 N–H and O–H groups in total. The molecule has 0 aromatic heterocycles. The van der Waals surface area contributed by atoms with E-state index in [2.05, 4.69) is 41.2 Å². The number of rotatable bonds is 6. The molecule has 0 spiro atoms. The number of nitrogens with zero attached hydrogens (tertiary/aromatic N) is 1. The molecule has 112 valence electrons. The van der Waals surface area contributed by atoms with Gasteiger partial charge in [-0.2, -0.15) is 0 Å². The highest BCUT2D eigenvalue weighted by Crippen LogP contribution is 2.19. The van der Waals surface area contributed by atoms with Gasteiger partial charge in [-0.05, 0) is 69.3 Å². The van der Waals surface area contributed by atoms with Crippen LogP contribution in [0.15, 0.2) is 54.2 Å². The standard InChI is InChI=1S/C19H26N2/c1-3-12-21-19(4-2)18-7-5-6-17(15-18)9-8-16-10-13-20-14-11-16/h3-7,12,15-16,20H,2,8-11,13-14H2,1H3/b12-3-,21-19?. The fourth-order valence-electron chi connectivity index (χ4n) is 2.83. The molecule has 0 amide bonds. The number of benzene rings is 1. The van der Waals surface area contributed by atoms with E-state index >= 15 is 0 Å². The van der Waals surface area contributed by atoms with Gasteiger partial charge < -0.3 is 5.32 Å². The molecule has 0 atom stereocenters. The second-order valence-corrected chi connectivity index (χ2v) is 5.63. The van der Waals surface area contributed by atoms with Gasteiger partial charge in [-0.3, -0.25) is 4.99 Å². The van der Waals surface area contributed by atoms with Gasteiger partial charge in [0.25, 0.3) is 0 Å². The third kappa shape index (κ3) is 4.98. The smallest absolute Gasteiger partial charge is 0.0695 e. The van der Waals surface area contributed by atoms with Gasteiger partial charge in [-0.1, -0.05) is 30.9 Å². The van der Waals surface area contributed by atoms with Crippen LogP contribution in [0.25, 0.3) is 0 Å². The van der Waals surface area contributed by atoms with Crippen LogP contribution >= 0.6 is 0 Å². The number of aliphatic imine (C=N–C) groups is 1. The third-order valence-electron chi connectivity index (χ3n) is 4.08. The van der Waals surface area contributed by atoms with E-state index in [1.54, 1.807) is 0 Å². The van der Waals surface area contributed by atoms with Gasteiger partial charge in [0.1, 0.15) is 0 Å². The summed E-state index contributed by atoms with van der Waals surface area (Å²) >= 11 is 0. The van der Waals surface area contributed by atoms with E-state index in [1.165, 1.54) is 37.9 Å². The maximum Gasteiger partial charge on any atom is 0.0695 e. The summed E-state index contributed by atoms with van der Waals surface area (Å²) in [6, 6.07) is 8.71.